The Bertz CT molecular complexity index is 603. The van der Waals surface area contributed by atoms with Crippen LogP contribution in [0.25, 0.3) is 11.0 Å². The van der Waals surface area contributed by atoms with Gasteiger partial charge in [0.15, 0.2) is 4.77 Å². The number of aromatic amines is 1. The van der Waals surface area contributed by atoms with E-state index in [9.17, 15) is 0 Å². The molecule has 5 heteroatoms. The standard InChI is InChI=1S/C14H20N2O2S/c1-4-8-18-12-7-5-6-11-13(12)15-14(19)16(11)10(2)9-17-3/h5-7,10H,4,8-9H2,1-3H3,(H,15,19). The molecule has 0 radical (unpaired) electrons. The van der Waals surface area contributed by atoms with Gasteiger partial charge in [-0.1, -0.05) is 13.0 Å². The summed E-state index contributed by atoms with van der Waals surface area (Å²) in [7, 11) is 1.70. The van der Waals surface area contributed by atoms with Gasteiger partial charge in [0.2, 0.25) is 0 Å². The Morgan fingerprint density at radius 3 is 2.89 bits per heavy atom. The summed E-state index contributed by atoms with van der Waals surface area (Å²) < 4.78 is 13.7. The summed E-state index contributed by atoms with van der Waals surface area (Å²) in [5.74, 6) is 0.855. The molecule has 1 heterocycles. The first-order valence-electron chi connectivity index (χ1n) is 6.54. The molecule has 1 unspecified atom stereocenters. The van der Waals surface area contributed by atoms with Gasteiger partial charge in [-0.25, -0.2) is 0 Å². The summed E-state index contributed by atoms with van der Waals surface area (Å²) in [5, 5.41) is 0. The van der Waals surface area contributed by atoms with Crippen LogP contribution in [0, 0.1) is 4.77 Å². The highest BCUT2D eigenvalue weighted by Gasteiger charge is 2.13. The normalized spacial score (nSPS) is 12.8. The molecule has 1 N–H and O–H groups in total. The first kappa shape index (κ1) is 14.1. The average molecular weight is 280 g/mol. The minimum Gasteiger partial charge on any atom is -0.491 e. The van der Waals surface area contributed by atoms with E-state index in [2.05, 4.69) is 23.4 Å². The number of ether oxygens (including phenoxy) is 2. The number of methoxy groups -OCH3 is 1. The van der Waals surface area contributed by atoms with Crippen molar-refractivity contribution in [1.29, 1.82) is 0 Å². The van der Waals surface area contributed by atoms with Crippen LogP contribution in [0.4, 0.5) is 0 Å². The summed E-state index contributed by atoms with van der Waals surface area (Å²) in [5.41, 5.74) is 2.02. The zero-order valence-corrected chi connectivity index (χ0v) is 12.4. The van der Waals surface area contributed by atoms with Gasteiger partial charge < -0.3 is 19.0 Å². The van der Waals surface area contributed by atoms with Crippen molar-refractivity contribution in [2.24, 2.45) is 0 Å². The minimum atomic E-state index is 0.188. The van der Waals surface area contributed by atoms with Crippen LogP contribution in [0.3, 0.4) is 0 Å². The van der Waals surface area contributed by atoms with Crippen LogP contribution in [0.1, 0.15) is 26.3 Å². The number of nitrogens with one attached hydrogen (secondary N) is 1. The molecule has 0 fully saturated rings. The smallest absolute Gasteiger partial charge is 0.178 e. The lowest BCUT2D eigenvalue weighted by Gasteiger charge is -2.13. The predicted molar refractivity (Wildman–Crippen MR) is 79.5 cm³/mol. The van der Waals surface area contributed by atoms with E-state index in [0.29, 0.717) is 18.0 Å². The summed E-state index contributed by atoms with van der Waals surface area (Å²) in [6, 6.07) is 6.19. The van der Waals surface area contributed by atoms with Crippen LogP contribution in [0.15, 0.2) is 18.2 Å². The number of rotatable bonds is 6. The van der Waals surface area contributed by atoms with Gasteiger partial charge in [-0.05, 0) is 37.7 Å². The van der Waals surface area contributed by atoms with Crippen molar-refractivity contribution in [2.75, 3.05) is 20.3 Å². The highest BCUT2D eigenvalue weighted by Crippen LogP contribution is 2.27. The van der Waals surface area contributed by atoms with Gasteiger partial charge in [-0.15, -0.1) is 0 Å². The molecule has 2 rings (SSSR count). The van der Waals surface area contributed by atoms with Crippen LogP contribution in [-0.4, -0.2) is 29.9 Å². The first-order valence-corrected chi connectivity index (χ1v) is 6.94. The van der Waals surface area contributed by atoms with Gasteiger partial charge in [0, 0.05) is 7.11 Å². The lowest BCUT2D eigenvalue weighted by atomic mass is 10.2. The lowest BCUT2D eigenvalue weighted by molar-refractivity contribution is 0.163. The average Bonchev–Trinajstić information content (AvgIpc) is 2.73. The number of imidazole rings is 1. The lowest BCUT2D eigenvalue weighted by Crippen LogP contribution is -2.10. The quantitative estimate of drug-likeness (QED) is 0.820. The van der Waals surface area contributed by atoms with Crippen molar-refractivity contribution >= 4 is 23.3 Å². The third-order valence-corrected chi connectivity index (χ3v) is 3.32. The number of aromatic nitrogens is 2. The highest BCUT2D eigenvalue weighted by atomic mass is 32.1. The molecule has 4 nitrogen and oxygen atoms in total. The van der Waals surface area contributed by atoms with E-state index in [1.165, 1.54) is 0 Å². The molecule has 104 valence electrons. The third kappa shape index (κ3) is 2.82. The maximum Gasteiger partial charge on any atom is 0.178 e. The van der Waals surface area contributed by atoms with Gasteiger partial charge in [-0.2, -0.15) is 0 Å². The second-order valence-corrected chi connectivity index (χ2v) is 4.99. The minimum absolute atomic E-state index is 0.188. The Balaban J connectivity index is 2.49. The highest BCUT2D eigenvalue weighted by molar-refractivity contribution is 7.71. The van der Waals surface area contributed by atoms with E-state index in [1.54, 1.807) is 7.11 Å². The first-order chi connectivity index (χ1) is 9.19. The Labute approximate surface area is 118 Å². The molecule has 2 aromatic rings. The van der Waals surface area contributed by atoms with Gasteiger partial charge >= 0.3 is 0 Å². The summed E-state index contributed by atoms with van der Waals surface area (Å²) in [6.45, 7) is 5.51. The summed E-state index contributed by atoms with van der Waals surface area (Å²) in [6.07, 6.45) is 0.984. The molecule has 1 aromatic carbocycles. The number of para-hydroxylation sites is 1. The topological polar surface area (TPSA) is 39.2 Å². The Morgan fingerprint density at radius 1 is 1.42 bits per heavy atom. The van der Waals surface area contributed by atoms with Crippen molar-refractivity contribution in [3.63, 3.8) is 0 Å². The molecule has 0 bridgehead atoms. The van der Waals surface area contributed by atoms with E-state index >= 15 is 0 Å². The van der Waals surface area contributed by atoms with E-state index in [4.69, 9.17) is 21.7 Å². The van der Waals surface area contributed by atoms with Gasteiger partial charge in [0.05, 0.1) is 24.8 Å². The number of hydrogen-bond donors (Lipinski definition) is 1. The predicted octanol–water partition coefficient (Wildman–Crippen LogP) is 3.70. The van der Waals surface area contributed by atoms with Gasteiger partial charge in [0.1, 0.15) is 11.3 Å². The number of fused-ring (bicyclic) bond motifs is 1. The van der Waals surface area contributed by atoms with Crippen molar-refractivity contribution in [1.82, 2.24) is 9.55 Å². The Kier molecular flexibility index (Phi) is 4.61. The van der Waals surface area contributed by atoms with Crippen molar-refractivity contribution < 1.29 is 9.47 Å². The van der Waals surface area contributed by atoms with E-state index in [1.807, 2.05) is 18.2 Å². The van der Waals surface area contributed by atoms with Crippen molar-refractivity contribution in [2.45, 2.75) is 26.3 Å². The van der Waals surface area contributed by atoms with E-state index in [0.717, 1.165) is 23.2 Å². The number of nitrogens with zero attached hydrogens (tertiary/aromatic N) is 1. The fourth-order valence-electron chi connectivity index (χ4n) is 2.21. The maximum absolute atomic E-state index is 5.75. The molecule has 1 atom stereocenters. The monoisotopic (exact) mass is 280 g/mol. The molecule has 0 aliphatic heterocycles. The van der Waals surface area contributed by atoms with Crippen molar-refractivity contribution in [3.05, 3.63) is 23.0 Å². The number of hydrogen-bond acceptors (Lipinski definition) is 3. The summed E-state index contributed by atoms with van der Waals surface area (Å²) in [4.78, 5) is 3.24. The Hall–Kier alpha value is -1.33. The maximum atomic E-state index is 5.75. The van der Waals surface area contributed by atoms with E-state index in [-0.39, 0.29) is 6.04 Å². The molecule has 0 saturated heterocycles. The fraction of sp³-hybridized carbons (Fsp3) is 0.500. The zero-order chi connectivity index (χ0) is 13.8. The van der Waals surface area contributed by atoms with E-state index < -0.39 is 0 Å². The van der Waals surface area contributed by atoms with Crippen LogP contribution in [0.5, 0.6) is 5.75 Å². The molecular formula is C14H20N2O2S. The summed E-state index contributed by atoms with van der Waals surface area (Å²) >= 11 is 5.41. The zero-order valence-electron chi connectivity index (χ0n) is 11.6. The van der Waals surface area contributed by atoms with Crippen LogP contribution >= 0.6 is 12.2 Å². The largest absolute Gasteiger partial charge is 0.491 e. The molecule has 0 spiro atoms. The van der Waals surface area contributed by atoms with Crippen molar-refractivity contribution in [3.8, 4) is 5.75 Å². The second-order valence-electron chi connectivity index (χ2n) is 4.60. The third-order valence-electron chi connectivity index (χ3n) is 3.02. The molecule has 0 amide bonds. The number of benzene rings is 1. The molecule has 19 heavy (non-hydrogen) atoms. The van der Waals surface area contributed by atoms with Gasteiger partial charge in [0.25, 0.3) is 0 Å². The van der Waals surface area contributed by atoms with Crippen LogP contribution in [-0.2, 0) is 4.74 Å². The molecular weight excluding hydrogens is 260 g/mol. The molecule has 0 aliphatic rings. The molecule has 1 aromatic heterocycles. The van der Waals surface area contributed by atoms with Gasteiger partial charge in [-0.3, -0.25) is 0 Å². The molecule has 0 saturated carbocycles. The molecule has 0 aliphatic carbocycles. The number of H-pyrrole nitrogens is 1. The SMILES string of the molecule is CCCOc1cccc2c1[nH]c(=S)n2C(C)COC. The second kappa shape index (κ2) is 6.21. The van der Waals surface area contributed by atoms with Crippen LogP contribution in [0.2, 0.25) is 0 Å². The van der Waals surface area contributed by atoms with Crippen LogP contribution < -0.4 is 4.74 Å². The fourth-order valence-corrected chi connectivity index (χ4v) is 2.59. The Morgan fingerprint density at radius 2 is 2.21 bits per heavy atom.